The van der Waals surface area contributed by atoms with E-state index >= 15 is 0 Å². The first kappa shape index (κ1) is 31.5. The van der Waals surface area contributed by atoms with Crippen molar-refractivity contribution in [1.29, 1.82) is 10.5 Å². The van der Waals surface area contributed by atoms with Crippen molar-refractivity contribution in [3.8, 4) is 12.1 Å². The smallest absolute Gasteiger partial charge is 0.260 e. The van der Waals surface area contributed by atoms with Gasteiger partial charge in [-0.05, 0) is 52.4 Å². The quantitative estimate of drug-likeness (QED) is 0.233. The molecule has 44 heavy (non-hydrogen) atoms. The van der Waals surface area contributed by atoms with Gasteiger partial charge in [0.1, 0.15) is 0 Å². The van der Waals surface area contributed by atoms with E-state index < -0.39 is 19.5 Å². The minimum absolute atomic E-state index is 0.0294. The molecular weight excluding hydrogens is 638 g/mol. The molecular formula is C34H34Cl4N4O2. The van der Waals surface area contributed by atoms with E-state index in [-0.39, 0.29) is 47.8 Å². The first-order valence-corrected chi connectivity index (χ1v) is 16.7. The summed E-state index contributed by atoms with van der Waals surface area (Å²) in [7, 11) is 0. The van der Waals surface area contributed by atoms with Gasteiger partial charge in [-0.1, -0.05) is 107 Å². The Labute approximate surface area is 278 Å². The predicted molar refractivity (Wildman–Crippen MR) is 173 cm³/mol. The standard InChI is InChI=1S/C34H34Cl4N4O2/c1-21-31(33(35,36)29(43)41(21)27-7-3-23(19-39)4-8-27)15-11-25(12-16-31)26-13-17-32(18-14-26)22(2)42(30(44)34(32,37)38)28-9-5-24(20-40)6-10-28/h3,5,11-18,21-22,25-28H,4,6-10H2,1-2H3. The Bertz CT molecular complexity index is 1400. The number of hydrogen-bond donors (Lipinski definition) is 0. The lowest BCUT2D eigenvalue weighted by Gasteiger charge is -2.41. The topological polar surface area (TPSA) is 88.2 Å². The van der Waals surface area contributed by atoms with Gasteiger partial charge in [-0.25, -0.2) is 0 Å². The van der Waals surface area contributed by atoms with E-state index in [2.05, 4.69) is 36.4 Å². The Morgan fingerprint density at radius 2 is 1.02 bits per heavy atom. The Hall–Kier alpha value is -2.48. The molecule has 0 bridgehead atoms. The maximum Gasteiger partial charge on any atom is 0.260 e. The lowest BCUT2D eigenvalue weighted by atomic mass is 9.70. The number of halogens is 4. The van der Waals surface area contributed by atoms with Crippen molar-refractivity contribution in [2.24, 2.45) is 22.7 Å². The number of nitrogens with zero attached hydrogens (tertiary/aromatic N) is 4. The van der Waals surface area contributed by atoms with Gasteiger partial charge in [0.15, 0.2) is 0 Å². The summed E-state index contributed by atoms with van der Waals surface area (Å²) in [6.07, 6.45) is 23.8. The third-order valence-electron chi connectivity index (χ3n) is 11.0. The molecule has 0 aromatic carbocycles. The third-order valence-corrected chi connectivity index (χ3v) is 12.9. The highest BCUT2D eigenvalue weighted by atomic mass is 35.5. The van der Waals surface area contributed by atoms with Crippen LogP contribution in [0.4, 0.5) is 0 Å². The lowest BCUT2D eigenvalue weighted by molar-refractivity contribution is -0.132. The van der Waals surface area contributed by atoms with Crippen LogP contribution in [0.1, 0.15) is 52.4 Å². The van der Waals surface area contributed by atoms with Gasteiger partial charge in [-0.3, -0.25) is 9.59 Å². The van der Waals surface area contributed by atoms with E-state index in [1.807, 2.05) is 60.1 Å². The van der Waals surface area contributed by atoms with Gasteiger partial charge in [0.2, 0.25) is 8.67 Å². The van der Waals surface area contributed by atoms with Gasteiger partial charge < -0.3 is 9.80 Å². The molecule has 0 radical (unpaired) electrons. The van der Waals surface area contributed by atoms with Crippen LogP contribution in [-0.2, 0) is 9.59 Å². The van der Waals surface area contributed by atoms with Crippen molar-refractivity contribution in [2.45, 2.75) is 85.2 Å². The van der Waals surface area contributed by atoms with Gasteiger partial charge in [0.05, 0.1) is 23.0 Å². The number of nitriles is 2. The Morgan fingerprint density at radius 3 is 1.30 bits per heavy atom. The molecule has 0 aromatic rings. The summed E-state index contributed by atoms with van der Waals surface area (Å²) in [5, 5.41) is 18.5. The number of alkyl halides is 4. The average molecular weight is 672 g/mol. The fourth-order valence-electron chi connectivity index (χ4n) is 8.15. The van der Waals surface area contributed by atoms with E-state index in [0.717, 1.165) is 11.1 Å². The molecule has 4 aliphatic carbocycles. The molecule has 0 aromatic heterocycles. The van der Waals surface area contributed by atoms with Crippen LogP contribution in [0.2, 0.25) is 0 Å². The second kappa shape index (κ2) is 11.1. The largest absolute Gasteiger partial charge is 0.333 e. The second-order valence-corrected chi connectivity index (χ2v) is 15.6. The first-order chi connectivity index (χ1) is 20.8. The normalized spacial score (nSPS) is 40.4. The first-order valence-electron chi connectivity index (χ1n) is 15.2. The van der Waals surface area contributed by atoms with Crippen LogP contribution in [0.15, 0.2) is 71.9 Å². The van der Waals surface area contributed by atoms with E-state index in [1.165, 1.54) is 0 Å². The minimum Gasteiger partial charge on any atom is -0.333 e. The van der Waals surface area contributed by atoms with Crippen molar-refractivity contribution in [3.63, 3.8) is 0 Å². The molecule has 10 heteroatoms. The molecule has 6 nitrogen and oxygen atoms in total. The fraction of sp³-hybridized carbons (Fsp3) is 0.529. The van der Waals surface area contributed by atoms with Crippen LogP contribution < -0.4 is 0 Å². The molecule has 4 atom stereocenters. The molecule has 2 aliphatic heterocycles. The van der Waals surface area contributed by atoms with Crippen LogP contribution in [0.5, 0.6) is 0 Å². The molecule has 2 heterocycles. The number of rotatable bonds is 3. The van der Waals surface area contributed by atoms with E-state index in [9.17, 15) is 20.1 Å². The van der Waals surface area contributed by atoms with Gasteiger partial charge in [-0.2, -0.15) is 10.5 Å². The van der Waals surface area contributed by atoms with Crippen LogP contribution in [0.3, 0.4) is 0 Å². The minimum atomic E-state index is -1.66. The molecule has 4 unspecified atom stereocenters. The molecule has 0 N–H and O–H groups in total. The Kier molecular flexibility index (Phi) is 7.94. The van der Waals surface area contributed by atoms with Gasteiger partial charge >= 0.3 is 0 Å². The Morgan fingerprint density at radius 1 is 0.682 bits per heavy atom. The zero-order chi connectivity index (χ0) is 31.7. The molecule has 0 saturated carbocycles. The van der Waals surface area contributed by atoms with Crippen molar-refractivity contribution in [3.05, 3.63) is 71.9 Å². The zero-order valence-electron chi connectivity index (χ0n) is 24.6. The number of likely N-dealkylation sites (tertiary alicyclic amines) is 2. The van der Waals surface area contributed by atoms with Crippen molar-refractivity contribution < 1.29 is 9.59 Å². The van der Waals surface area contributed by atoms with Crippen molar-refractivity contribution >= 4 is 58.2 Å². The van der Waals surface area contributed by atoms with Crippen molar-refractivity contribution in [2.75, 3.05) is 0 Å². The van der Waals surface area contributed by atoms with Gasteiger partial charge in [-0.15, -0.1) is 0 Å². The van der Waals surface area contributed by atoms with E-state index in [0.29, 0.717) is 38.5 Å². The number of allylic oxidation sites excluding steroid dienone is 6. The monoisotopic (exact) mass is 670 g/mol. The Balaban J connectivity index is 1.20. The molecule has 6 aliphatic rings. The van der Waals surface area contributed by atoms with Crippen molar-refractivity contribution in [1.82, 2.24) is 9.80 Å². The van der Waals surface area contributed by atoms with Crippen LogP contribution in [0, 0.1) is 45.3 Å². The van der Waals surface area contributed by atoms with E-state index in [4.69, 9.17) is 46.4 Å². The molecule has 2 saturated heterocycles. The maximum absolute atomic E-state index is 13.6. The lowest BCUT2D eigenvalue weighted by Crippen LogP contribution is -2.45. The third kappa shape index (κ3) is 4.39. The summed E-state index contributed by atoms with van der Waals surface area (Å²) in [6, 6.07) is 3.76. The predicted octanol–water partition coefficient (Wildman–Crippen LogP) is 7.26. The van der Waals surface area contributed by atoms with Crippen LogP contribution >= 0.6 is 46.4 Å². The molecule has 2 amide bonds. The summed E-state index contributed by atoms with van der Waals surface area (Å²) in [5.74, 6) is -0.667. The zero-order valence-corrected chi connectivity index (χ0v) is 27.6. The highest BCUT2D eigenvalue weighted by Gasteiger charge is 2.67. The highest BCUT2D eigenvalue weighted by Crippen LogP contribution is 2.59. The average Bonchev–Trinajstić information content (AvgIpc) is 3.27. The number of carbonyl (C=O) groups excluding carboxylic acids is 2. The number of amides is 2. The van der Waals surface area contributed by atoms with E-state index in [1.54, 1.807) is 0 Å². The summed E-state index contributed by atoms with van der Waals surface area (Å²) in [6.45, 7) is 3.97. The summed E-state index contributed by atoms with van der Waals surface area (Å²) in [4.78, 5) is 30.8. The number of hydrogen-bond acceptors (Lipinski definition) is 4. The van der Waals surface area contributed by atoms with Crippen LogP contribution in [0.25, 0.3) is 0 Å². The summed E-state index contributed by atoms with van der Waals surface area (Å²) >= 11 is 27.5. The highest BCUT2D eigenvalue weighted by molar-refractivity contribution is 6.60. The second-order valence-electron chi connectivity index (χ2n) is 12.9. The molecule has 2 fully saturated rings. The SMILES string of the molecule is CC1N(C2CC=C(C#N)CC2)C(=O)C(Cl)(Cl)C12C=CC(C1C=CC3(C=C1)C(C)N(C1CC=C(C#N)CC1)C(=O)C3(Cl)Cl)C=C2. The maximum atomic E-state index is 13.6. The molecule has 230 valence electrons. The summed E-state index contributed by atoms with van der Waals surface area (Å²) < 4.78 is -3.32. The van der Waals surface area contributed by atoms with Crippen LogP contribution in [-0.4, -0.2) is 54.4 Å². The van der Waals surface area contributed by atoms with Gasteiger partial charge in [0, 0.05) is 47.1 Å². The summed E-state index contributed by atoms with van der Waals surface area (Å²) in [5.41, 5.74) is -0.307. The number of carbonyl (C=O) groups is 2. The molecule has 6 rings (SSSR count). The molecule has 2 spiro atoms. The fourth-order valence-corrected chi connectivity index (χ4v) is 9.68. The van der Waals surface area contributed by atoms with Gasteiger partial charge in [0.25, 0.3) is 11.8 Å².